The number of amidine groups is 1. The lowest BCUT2D eigenvalue weighted by atomic mass is 10.0. The van der Waals surface area contributed by atoms with Crippen LogP contribution in [-0.2, 0) is 14.3 Å². The number of aromatic amines is 1. The minimum Gasteiger partial charge on any atom is -0.465 e. The van der Waals surface area contributed by atoms with Gasteiger partial charge in [0.05, 0.1) is 48.5 Å². The molecule has 0 bridgehead atoms. The maximum atomic E-state index is 13.5. The van der Waals surface area contributed by atoms with Crippen LogP contribution >= 0.6 is 11.3 Å². The number of alkyl carbamates (subject to hydrolysis) is 1. The molecule has 3 aromatic rings. The van der Waals surface area contributed by atoms with E-state index in [9.17, 15) is 24.3 Å². The molecule has 5 atom stereocenters. The highest BCUT2D eigenvalue weighted by Gasteiger charge is 2.41. The third-order valence-electron chi connectivity index (χ3n) is 9.53. The Hall–Kier alpha value is -4.67. The molecular formula is C32H44N10O6S. The number of methoxy groups -OCH3 is 1. The number of likely N-dealkylation sites (tertiary alicyclic amines) is 2. The second kappa shape index (κ2) is 14.1. The second-order valence-electron chi connectivity index (χ2n) is 13.5. The van der Waals surface area contributed by atoms with E-state index < -0.39 is 24.3 Å². The largest absolute Gasteiger partial charge is 0.465 e. The zero-order chi connectivity index (χ0) is 35.0. The molecule has 0 aliphatic carbocycles. The Balaban J connectivity index is 1.11. The van der Waals surface area contributed by atoms with E-state index in [1.54, 1.807) is 11.1 Å². The monoisotopic (exact) mass is 696 g/mol. The molecule has 3 aliphatic heterocycles. The van der Waals surface area contributed by atoms with Gasteiger partial charge in [0.1, 0.15) is 29.4 Å². The Morgan fingerprint density at radius 2 is 1.69 bits per heavy atom. The number of H-pyrrole nitrogens is 1. The van der Waals surface area contributed by atoms with Crippen molar-refractivity contribution < 1.29 is 29.0 Å². The molecule has 0 radical (unpaired) electrons. The number of aliphatic imine (C=N–C) groups is 1. The molecule has 3 aliphatic rings. The van der Waals surface area contributed by atoms with Gasteiger partial charge in [-0.15, -0.1) is 0 Å². The SMILES string of the molecule is COC(=O)N[C@H](C(=O)N1CCCC1[C@@H]1CN=C(c2cn3cc(-c4cnc([C@@H]5CCCN5C(=O)[C@@H](NC(=O)O)C(C)C)[nH]4)sc3n2)N1)C(C)C. The van der Waals surface area contributed by atoms with Gasteiger partial charge in [-0.05, 0) is 37.5 Å². The lowest BCUT2D eigenvalue weighted by Gasteiger charge is -2.33. The van der Waals surface area contributed by atoms with Crippen LogP contribution in [0, 0.1) is 11.8 Å². The van der Waals surface area contributed by atoms with Crippen LogP contribution in [-0.4, -0.2) is 115 Å². The van der Waals surface area contributed by atoms with Crippen molar-refractivity contribution in [3.05, 3.63) is 30.1 Å². The summed E-state index contributed by atoms with van der Waals surface area (Å²) >= 11 is 1.50. The van der Waals surface area contributed by atoms with Gasteiger partial charge in [-0.2, -0.15) is 0 Å². The van der Waals surface area contributed by atoms with Gasteiger partial charge in [-0.3, -0.25) is 19.0 Å². The van der Waals surface area contributed by atoms with Crippen molar-refractivity contribution >= 4 is 46.1 Å². The van der Waals surface area contributed by atoms with Gasteiger partial charge < -0.3 is 40.6 Å². The lowest BCUT2D eigenvalue weighted by Crippen LogP contribution is -2.56. The van der Waals surface area contributed by atoms with E-state index in [0.717, 1.165) is 41.2 Å². The van der Waals surface area contributed by atoms with Gasteiger partial charge in [0.2, 0.25) is 11.8 Å². The summed E-state index contributed by atoms with van der Waals surface area (Å²) in [7, 11) is 1.29. The summed E-state index contributed by atoms with van der Waals surface area (Å²) in [6.07, 6.45) is 7.07. The highest BCUT2D eigenvalue weighted by Crippen LogP contribution is 2.34. The molecule has 6 heterocycles. The number of hydrogen-bond acceptors (Lipinski definition) is 10. The smallest absolute Gasteiger partial charge is 0.407 e. The first-order valence-electron chi connectivity index (χ1n) is 16.7. The average Bonchev–Trinajstić information content (AvgIpc) is 3.89. The number of rotatable bonds is 10. The van der Waals surface area contributed by atoms with Crippen LogP contribution in [0.25, 0.3) is 15.5 Å². The van der Waals surface area contributed by atoms with E-state index in [4.69, 9.17) is 14.7 Å². The quantitative estimate of drug-likeness (QED) is 0.212. The van der Waals surface area contributed by atoms with E-state index >= 15 is 0 Å². The van der Waals surface area contributed by atoms with Gasteiger partial charge in [-0.1, -0.05) is 39.0 Å². The lowest BCUT2D eigenvalue weighted by molar-refractivity contribution is -0.136. The molecule has 0 aromatic carbocycles. The average molecular weight is 697 g/mol. The molecule has 49 heavy (non-hydrogen) atoms. The van der Waals surface area contributed by atoms with Gasteiger partial charge in [0.25, 0.3) is 0 Å². The number of imidazole rings is 2. The van der Waals surface area contributed by atoms with E-state index in [2.05, 4.69) is 25.9 Å². The van der Waals surface area contributed by atoms with E-state index in [0.29, 0.717) is 37.0 Å². The van der Waals surface area contributed by atoms with Crippen LogP contribution in [0.1, 0.15) is 70.9 Å². The first-order valence-corrected chi connectivity index (χ1v) is 17.6. The minimum atomic E-state index is -1.22. The summed E-state index contributed by atoms with van der Waals surface area (Å²) in [5.41, 5.74) is 1.52. The number of thiazole rings is 1. The van der Waals surface area contributed by atoms with E-state index in [1.807, 2.05) is 49.4 Å². The number of carboxylic acid groups (broad SMARTS) is 1. The maximum Gasteiger partial charge on any atom is 0.407 e. The van der Waals surface area contributed by atoms with Gasteiger partial charge in [-0.25, -0.2) is 19.6 Å². The van der Waals surface area contributed by atoms with Crippen molar-refractivity contribution in [2.75, 3.05) is 26.7 Å². The standard InChI is InChI=1S/C32H44N10O6S/c1-16(2)24(38-31(45)46)28(43)42-11-7-9-22(42)27-34-13-19(36-27)23-15-40-14-20(37-30(40)49-23)26-33-12-18(35-26)21-8-6-10-41(21)29(44)25(17(3)4)39-32(47)48-5/h13-18,21-22,24-25,38H,6-12H2,1-5H3,(H,33,35)(H,34,36)(H,39,47)(H,45,46)/t18-,21?,22-,24-,25-/m0/s1. The summed E-state index contributed by atoms with van der Waals surface area (Å²) in [4.78, 5) is 73.0. The van der Waals surface area contributed by atoms with Crippen molar-refractivity contribution in [3.63, 3.8) is 0 Å². The van der Waals surface area contributed by atoms with E-state index in [1.165, 1.54) is 18.4 Å². The first kappa shape index (κ1) is 34.2. The molecule has 2 fully saturated rings. The number of nitrogens with zero attached hydrogens (tertiary/aromatic N) is 6. The van der Waals surface area contributed by atoms with Crippen molar-refractivity contribution in [1.82, 2.24) is 45.1 Å². The van der Waals surface area contributed by atoms with Crippen LogP contribution in [0.15, 0.2) is 23.6 Å². The van der Waals surface area contributed by atoms with Crippen LogP contribution in [0.2, 0.25) is 0 Å². The van der Waals surface area contributed by atoms with Gasteiger partial charge in [0.15, 0.2) is 4.96 Å². The molecule has 3 aromatic heterocycles. The zero-order valence-corrected chi connectivity index (χ0v) is 29.1. The predicted octanol–water partition coefficient (Wildman–Crippen LogP) is 2.83. The maximum absolute atomic E-state index is 13.5. The molecule has 264 valence electrons. The molecular weight excluding hydrogens is 652 g/mol. The summed E-state index contributed by atoms with van der Waals surface area (Å²) in [5.74, 6) is 0.704. The predicted molar refractivity (Wildman–Crippen MR) is 181 cm³/mol. The fourth-order valence-electron chi connectivity index (χ4n) is 7.00. The number of carbonyl (C=O) groups is 4. The number of fused-ring (bicyclic) bond motifs is 1. The van der Waals surface area contributed by atoms with Crippen molar-refractivity contribution in [3.8, 4) is 10.6 Å². The summed E-state index contributed by atoms with van der Waals surface area (Å²) in [6.45, 7) is 9.12. The highest BCUT2D eigenvalue weighted by atomic mass is 32.1. The van der Waals surface area contributed by atoms with Crippen LogP contribution in [0.4, 0.5) is 9.59 Å². The fourth-order valence-corrected chi connectivity index (χ4v) is 7.93. The summed E-state index contributed by atoms with van der Waals surface area (Å²) in [6, 6.07) is -1.89. The number of carbonyl (C=O) groups excluding carboxylic acids is 3. The zero-order valence-electron chi connectivity index (χ0n) is 28.3. The van der Waals surface area contributed by atoms with Crippen LogP contribution < -0.4 is 16.0 Å². The number of ether oxygens (including phenoxy) is 1. The molecule has 16 nitrogen and oxygen atoms in total. The van der Waals surface area contributed by atoms with Crippen molar-refractivity contribution in [2.24, 2.45) is 16.8 Å². The van der Waals surface area contributed by atoms with Crippen molar-refractivity contribution in [2.45, 2.75) is 83.6 Å². The molecule has 17 heteroatoms. The topological polar surface area (TPSA) is 199 Å². The Morgan fingerprint density at radius 3 is 2.39 bits per heavy atom. The Labute approximate surface area is 287 Å². The third-order valence-corrected chi connectivity index (χ3v) is 10.6. The minimum absolute atomic E-state index is 0.0601. The molecule has 1 unspecified atom stereocenters. The molecule has 6 rings (SSSR count). The Kier molecular flexibility index (Phi) is 9.81. The molecule has 5 N–H and O–H groups in total. The highest BCUT2D eigenvalue weighted by molar-refractivity contribution is 7.20. The molecule has 0 saturated carbocycles. The number of hydrogen-bond donors (Lipinski definition) is 5. The van der Waals surface area contributed by atoms with Crippen LogP contribution in [0.3, 0.4) is 0 Å². The fraction of sp³-hybridized carbons (Fsp3) is 0.594. The van der Waals surface area contributed by atoms with Crippen molar-refractivity contribution in [1.29, 1.82) is 0 Å². The van der Waals surface area contributed by atoms with E-state index in [-0.39, 0.29) is 41.8 Å². The molecule has 4 amide bonds. The Morgan fingerprint density at radius 1 is 1.00 bits per heavy atom. The number of amides is 4. The molecule has 0 spiro atoms. The number of nitrogens with one attached hydrogen (secondary N) is 4. The molecule has 2 saturated heterocycles. The summed E-state index contributed by atoms with van der Waals surface area (Å²) < 4.78 is 6.69. The Bertz CT molecular complexity index is 1710. The van der Waals surface area contributed by atoms with Crippen LogP contribution in [0.5, 0.6) is 0 Å². The van der Waals surface area contributed by atoms with Gasteiger partial charge >= 0.3 is 12.2 Å². The normalized spacial score (nSPS) is 22.0. The first-order chi connectivity index (χ1) is 23.4. The summed E-state index contributed by atoms with van der Waals surface area (Å²) in [5, 5.41) is 17.8. The second-order valence-corrected chi connectivity index (χ2v) is 14.5. The third kappa shape index (κ3) is 6.93. The van der Waals surface area contributed by atoms with Gasteiger partial charge in [0, 0.05) is 25.5 Å². The number of aromatic nitrogens is 4.